The molecule has 2 aliphatic rings. The number of fused-ring (bicyclic) bond motifs is 2. The van der Waals surface area contributed by atoms with Gasteiger partial charge in [0.25, 0.3) is 5.56 Å². The third-order valence-corrected chi connectivity index (χ3v) is 6.71. The molecule has 2 aliphatic heterocycles. The summed E-state index contributed by atoms with van der Waals surface area (Å²) < 4.78 is 52.6. The Morgan fingerprint density at radius 2 is 2.06 bits per heavy atom. The van der Waals surface area contributed by atoms with Gasteiger partial charge in [0.2, 0.25) is 0 Å². The van der Waals surface area contributed by atoms with Crippen LogP contribution in [0, 0.1) is 5.82 Å². The van der Waals surface area contributed by atoms with Gasteiger partial charge in [0.05, 0.1) is 18.1 Å². The average molecular weight is 517 g/mol. The lowest BCUT2D eigenvalue weighted by Gasteiger charge is -2.38. The van der Waals surface area contributed by atoms with E-state index in [4.69, 9.17) is 16.3 Å². The van der Waals surface area contributed by atoms with E-state index in [2.05, 4.69) is 15.1 Å². The molecule has 8 nitrogen and oxygen atoms in total. The Labute approximate surface area is 207 Å². The van der Waals surface area contributed by atoms with Crippen molar-refractivity contribution in [3.05, 3.63) is 69.2 Å². The zero-order chi connectivity index (χ0) is 25.2. The van der Waals surface area contributed by atoms with Crippen LogP contribution >= 0.6 is 11.6 Å². The molecule has 4 aromatic rings. The van der Waals surface area contributed by atoms with Gasteiger partial charge < -0.3 is 9.64 Å². The lowest BCUT2D eigenvalue weighted by Crippen LogP contribution is -2.48. The number of aromatic nitrogens is 5. The van der Waals surface area contributed by atoms with Crippen molar-refractivity contribution < 1.29 is 17.9 Å². The van der Waals surface area contributed by atoms with E-state index in [1.807, 2.05) is 0 Å². The molecule has 12 heteroatoms. The second-order valence-electron chi connectivity index (χ2n) is 9.01. The van der Waals surface area contributed by atoms with E-state index in [1.165, 1.54) is 34.0 Å². The Balaban J connectivity index is 1.54. The van der Waals surface area contributed by atoms with Crippen molar-refractivity contribution in [2.75, 3.05) is 18.0 Å². The molecule has 1 aromatic carbocycles. The van der Waals surface area contributed by atoms with Crippen LogP contribution in [0.15, 0.2) is 41.5 Å². The molecule has 36 heavy (non-hydrogen) atoms. The zero-order valence-corrected chi connectivity index (χ0v) is 19.8. The van der Waals surface area contributed by atoms with Crippen LogP contribution in [0.2, 0.25) is 5.02 Å². The number of morpholine rings is 1. The summed E-state index contributed by atoms with van der Waals surface area (Å²) in [4.78, 5) is 23.9. The maximum absolute atomic E-state index is 15.0. The number of halogens is 4. The van der Waals surface area contributed by atoms with E-state index in [0.29, 0.717) is 24.4 Å². The number of nitrogens with zero attached hydrogens (tertiary/aromatic N) is 6. The summed E-state index contributed by atoms with van der Waals surface area (Å²) in [5.41, 5.74) is 0.561. The van der Waals surface area contributed by atoms with Gasteiger partial charge in [-0.3, -0.25) is 14.0 Å². The Morgan fingerprint density at radius 1 is 1.22 bits per heavy atom. The molecule has 1 unspecified atom stereocenters. The maximum Gasteiger partial charge on any atom is 0.373 e. The fourth-order valence-electron chi connectivity index (χ4n) is 4.83. The van der Waals surface area contributed by atoms with Crippen LogP contribution in [-0.4, -0.2) is 43.5 Å². The summed E-state index contributed by atoms with van der Waals surface area (Å²) in [5, 5.41) is 4.42. The molecule has 0 amide bonds. The van der Waals surface area contributed by atoms with Crippen LogP contribution in [0.4, 0.5) is 19.0 Å². The number of rotatable bonds is 3. The van der Waals surface area contributed by atoms with E-state index in [-0.39, 0.29) is 45.1 Å². The van der Waals surface area contributed by atoms with Crippen LogP contribution in [0.25, 0.3) is 22.2 Å². The number of hydrogen-bond acceptors (Lipinski definition) is 6. The second kappa shape index (κ2) is 8.31. The van der Waals surface area contributed by atoms with Crippen molar-refractivity contribution >= 4 is 28.3 Å². The van der Waals surface area contributed by atoms with Crippen LogP contribution in [0.3, 0.4) is 0 Å². The van der Waals surface area contributed by atoms with Crippen LogP contribution in [0.1, 0.15) is 23.9 Å². The van der Waals surface area contributed by atoms with Crippen LogP contribution in [-0.2, 0) is 24.8 Å². The van der Waals surface area contributed by atoms with Gasteiger partial charge in [-0.1, -0.05) is 11.6 Å². The summed E-state index contributed by atoms with van der Waals surface area (Å²) in [6, 6.07) is 5.54. The molecule has 3 aromatic heterocycles. The highest BCUT2D eigenvalue weighted by Gasteiger charge is 2.43. The quantitative estimate of drug-likeness (QED) is 0.408. The number of ether oxygens (including phenoxy) is 1. The topological polar surface area (TPSA) is 78.1 Å². The minimum atomic E-state index is -3.49. The smallest absolute Gasteiger partial charge is 0.345 e. The molecule has 0 bridgehead atoms. The molecule has 1 fully saturated rings. The molecule has 6 rings (SSSR count). The largest absolute Gasteiger partial charge is 0.373 e. The normalized spacial score (nSPS) is 19.1. The van der Waals surface area contributed by atoms with E-state index in [0.717, 1.165) is 12.5 Å². The van der Waals surface area contributed by atoms with Gasteiger partial charge in [0.15, 0.2) is 0 Å². The van der Waals surface area contributed by atoms with Crippen molar-refractivity contribution in [1.82, 2.24) is 24.3 Å². The van der Waals surface area contributed by atoms with Crippen LogP contribution in [0.5, 0.6) is 0 Å². The first-order chi connectivity index (χ1) is 17.2. The first kappa shape index (κ1) is 23.0. The van der Waals surface area contributed by atoms with Crippen molar-refractivity contribution in [2.24, 2.45) is 7.05 Å². The van der Waals surface area contributed by atoms with Gasteiger partial charge in [0.1, 0.15) is 41.3 Å². The zero-order valence-electron chi connectivity index (χ0n) is 19.1. The second-order valence-corrected chi connectivity index (χ2v) is 9.45. The fourth-order valence-corrected chi connectivity index (χ4v) is 4.98. The SMILES string of the molecule is Cn1cc(C2CN(c3cc4c(=O)n5c(nc4c(-c4ccc(Cl)cc4F)n3)CCC5)CC(F)(F)O2)cn1. The third-order valence-electron chi connectivity index (χ3n) is 6.47. The summed E-state index contributed by atoms with van der Waals surface area (Å²) in [6.07, 6.45) is -0.0517. The van der Waals surface area contributed by atoms with Gasteiger partial charge >= 0.3 is 6.11 Å². The molecular formula is C24H20ClF3N6O2. The number of pyridine rings is 1. The van der Waals surface area contributed by atoms with Crippen molar-refractivity contribution in [3.63, 3.8) is 0 Å². The van der Waals surface area contributed by atoms with Crippen molar-refractivity contribution in [3.8, 4) is 11.3 Å². The van der Waals surface area contributed by atoms with Crippen molar-refractivity contribution in [1.29, 1.82) is 0 Å². The predicted molar refractivity (Wildman–Crippen MR) is 127 cm³/mol. The molecular weight excluding hydrogens is 497 g/mol. The Morgan fingerprint density at radius 3 is 2.81 bits per heavy atom. The Kier molecular flexibility index (Phi) is 5.31. The number of anilines is 1. The number of benzene rings is 1. The summed E-state index contributed by atoms with van der Waals surface area (Å²) in [5.74, 6) is 0.0322. The van der Waals surface area contributed by atoms with E-state index < -0.39 is 24.6 Å². The molecule has 1 saturated heterocycles. The predicted octanol–water partition coefficient (Wildman–Crippen LogP) is 4.10. The molecule has 0 aliphatic carbocycles. The van der Waals surface area contributed by atoms with Gasteiger partial charge in [-0.25, -0.2) is 14.4 Å². The highest BCUT2D eigenvalue weighted by molar-refractivity contribution is 6.30. The van der Waals surface area contributed by atoms with E-state index in [1.54, 1.807) is 17.8 Å². The number of aryl methyl sites for hydroxylation is 2. The molecule has 0 spiro atoms. The molecule has 186 valence electrons. The monoisotopic (exact) mass is 516 g/mol. The summed E-state index contributed by atoms with van der Waals surface area (Å²) in [7, 11) is 1.68. The number of hydrogen-bond donors (Lipinski definition) is 0. The lowest BCUT2D eigenvalue weighted by atomic mass is 10.1. The highest BCUT2D eigenvalue weighted by Crippen LogP contribution is 2.37. The van der Waals surface area contributed by atoms with Gasteiger partial charge in [-0.15, -0.1) is 0 Å². The van der Waals surface area contributed by atoms with Crippen LogP contribution < -0.4 is 10.5 Å². The molecule has 1 atom stereocenters. The molecule has 0 radical (unpaired) electrons. The Hall–Kier alpha value is -3.44. The third kappa shape index (κ3) is 3.92. The molecule has 5 heterocycles. The minimum Gasteiger partial charge on any atom is -0.345 e. The van der Waals surface area contributed by atoms with Gasteiger partial charge in [-0.05, 0) is 30.7 Å². The first-order valence-corrected chi connectivity index (χ1v) is 11.8. The van der Waals surface area contributed by atoms with E-state index in [9.17, 15) is 13.6 Å². The van der Waals surface area contributed by atoms with Gasteiger partial charge in [0, 0.05) is 42.4 Å². The molecule has 0 saturated carbocycles. The molecule has 0 N–H and O–H groups in total. The van der Waals surface area contributed by atoms with Gasteiger partial charge in [-0.2, -0.15) is 13.9 Å². The minimum absolute atomic E-state index is 0.0298. The average Bonchev–Trinajstić information content (AvgIpc) is 3.47. The lowest BCUT2D eigenvalue weighted by molar-refractivity contribution is -0.269. The maximum atomic E-state index is 15.0. The first-order valence-electron chi connectivity index (χ1n) is 11.4. The standard InChI is InChI=1S/C24H20ClF3N6O2/c1-32-10-13(9-29-32)18-11-33(12-24(27,28)36-18)20-8-16-22(30-19-3-2-6-34(19)23(16)35)21(31-20)15-5-4-14(25)7-17(15)26/h4-5,7-10,18H,2-3,6,11-12H2,1H3. The number of alkyl halides is 2. The summed E-state index contributed by atoms with van der Waals surface area (Å²) in [6.45, 7) is -0.245. The Bertz CT molecular complexity index is 1570. The fraction of sp³-hybridized carbons (Fsp3) is 0.333. The van der Waals surface area contributed by atoms with Crippen molar-refractivity contribution in [2.45, 2.75) is 31.6 Å². The van der Waals surface area contributed by atoms with E-state index >= 15 is 4.39 Å². The highest BCUT2D eigenvalue weighted by atomic mass is 35.5. The summed E-state index contributed by atoms with van der Waals surface area (Å²) >= 11 is 5.94.